The van der Waals surface area contributed by atoms with Gasteiger partial charge in [0.2, 0.25) is 0 Å². The van der Waals surface area contributed by atoms with Gasteiger partial charge in [-0.3, -0.25) is 9.36 Å². The molecule has 0 bridgehead atoms. The number of fused-ring (bicyclic) bond motifs is 1. The summed E-state index contributed by atoms with van der Waals surface area (Å²) in [6.07, 6.45) is 10.4. The number of pyridine rings is 1. The number of hydrogen-bond donors (Lipinski definition) is 0. The van der Waals surface area contributed by atoms with Crippen LogP contribution in [0.2, 0.25) is 0 Å². The van der Waals surface area contributed by atoms with Gasteiger partial charge in [0.1, 0.15) is 18.5 Å². The summed E-state index contributed by atoms with van der Waals surface area (Å²) in [6, 6.07) is 7.25. The predicted octanol–water partition coefficient (Wildman–Crippen LogP) is 1.44. The Kier molecular flexibility index (Phi) is 4.04. The lowest BCUT2D eigenvalue weighted by Gasteiger charge is -2.26. The molecule has 5 rings (SSSR count). The molecule has 140 valence electrons. The first-order valence-corrected chi connectivity index (χ1v) is 9.18. The summed E-state index contributed by atoms with van der Waals surface area (Å²) in [7, 11) is 0. The lowest BCUT2D eigenvalue weighted by atomic mass is 10.2. The number of aromatic nitrogens is 7. The largest absolute Gasteiger partial charge is 0.351 e. The van der Waals surface area contributed by atoms with E-state index in [-0.39, 0.29) is 11.6 Å². The fraction of sp³-hybridized carbons (Fsp3) is 0.263. The van der Waals surface area contributed by atoms with Gasteiger partial charge in [0.25, 0.3) is 5.56 Å². The molecule has 5 heterocycles. The van der Waals surface area contributed by atoms with Gasteiger partial charge in [-0.15, -0.1) is 0 Å². The van der Waals surface area contributed by atoms with Gasteiger partial charge < -0.3 is 4.90 Å². The van der Waals surface area contributed by atoms with Crippen LogP contribution < -0.4 is 10.5 Å². The fourth-order valence-corrected chi connectivity index (χ4v) is 3.72. The maximum absolute atomic E-state index is 12.4. The molecule has 4 aromatic heterocycles. The quantitative estimate of drug-likeness (QED) is 0.533. The van der Waals surface area contributed by atoms with Crippen molar-refractivity contribution in [1.29, 1.82) is 0 Å². The molecule has 0 radical (unpaired) electrons. The Labute approximate surface area is 160 Å². The third kappa shape index (κ3) is 2.90. The molecule has 4 aromatic rings. The van der Waals surface area contributed by atoms with Crippen LogP contribution in [0.25, 0.3) is 16.9 Å². The highest BCUT2D eigenvalue weighted by molar-refractivity contribution is 5.86. The number of imidazole rings is 1. The smallest absolute Gasteiger partial charge is 0.266 e. The third-order valence-electron chi connectivity index (χ3n) is 5.04. The summed E-state index contributed by atoms with van der Waals surface area (Å²) >= 11 is 0. The van der Waals surface area contributed by atoms with Gasteiger partial charge in [0.15, 0.2) is 11.5 Å². The molecule has 0 aliphatic carbocycles. The van der Waals surface area contributed by atoms with E-state index in [4.69, 9.17) is 0 Å². The van der Waals surface area contributed by atoms with E-state index in [1.165, 1.54) is 4.68 Å². The van der Waals surface area contributed by atoms with Gasteiger partial charge in [-0.05, 0) is 31.0 Å². The van der Waals surface area contributed by atoms with E-state index in [9.17, 15) is 4.79 Å². The van der Waals surface area contributed by atoms with Crippen molar-refractivity contribution in [3.8, 4) is 5.82 Å². The molecule has 0 N–H and O–H groups in total. The maximum atomic E-state index is 12.4. The molecule has 9 heteroatoms. The van der Waals surface area contributed by atoms with Gasteiger partial charge >= 0.3 is 0 Å². The molecular formula is C19H18N8O. The van der Waals surface area contributed by atoms with E-state index < -0.39 is 0 Å². The Morgan fingerprint density at radius 1 is 1.11 bits per heavy atom. The van der Waals surface area contributed by atoms with Crippen molar-refractivity contribution in [1.82, 2.24) is 34.3 Å². The highest BCUT2D eigenvalue weighted by atomic mass is 16.1. The standard InChI is InChI=1S/C19H18N8O/c28-17-6-5-16(25-10-8-20-13-25)24-27(17)11-14-3-2-9-26(14)19-15-4-1-7-21-18(15)22-12-23-19/h1,4-8,10,12-14H,2-3,9,11H2. The van der Waals surface area contributed by atoms with Crippen molar-refractivity contribution in [2.24, 2.45) is 0 Å². The average Bonchev–Trinajstić information content (AvgIpc) is 3.41. The van der Waals surface area contributed by atoms with Gasteiger partial charge in [0, 0.05) is 31.2 Å². The van der Waals surface area contributed by atoms with E-state index in [1.54, 1.807) is 47.9 Å². The van der Waals surface area contributed by atoms with Crippen LogP contribution in [0.1, 0.15) is 12.8 Å². The van der Waals surface area contributed by atoms with Crippen LogP contribution in [0.5, 0.6) is 0 Å². The van der Waals surface area contributed by atoms with Crippen LogP contribution in [0.4, 0.5) is 5.82 Å². The molecule has 0 saturated carbocycles. The van der Waals surface area contributed by atoms with Gasteiger partial charge in [-0.25, -0.2) is 24.6 Å². The molecule has 9 nitrogen and oxygen atoms in total. The number of rotatable bonds is 4. The molecule has 1 fully saturated rings. The number of hydrogen-bond acceptors (Lipinski definition) is 7. The second-order valence-electron chi connectivity index (χ2n) is 6.74. The van der Waals surface area contributed by atoms with Crippen LogP contribution >= 0.6 is 0 Å². The van der Waals surface area contributed by atoms with E-state index in [0.29, 0.717) is 18.0 Å². The molecule has 0 spiro atoms. The maximum Gasteiger partial charge on any atom is 0.266 e. The third-order valence-corrected chi connectivity index (χ3v) is 5.04. The molecule has 1 aliphatic heterocycles. The molecule has 1 saturated heterocycles. The van der Waals surface area contributed by atoms with Crippen molar-refractivity contribution in [3.63, 3.8) is 0 Å². The zero-order valence-electron chi connectivity index (χ0n) is 15.1. The van der Waals surface area contributed by atoms with Gasteiger partial charge in [0.05, 0.1) is 18.0 Å². The van der Waals surface area contributed by atoms with Gasteiger partial charge in [-0.2, -0.15) is 5.10 Å². The summed E-state index contributed by atoms with van der Waals surface area (Å²) in [5.74, 6) is 1.53. The Bertz CT molecular complexity index is 1160. The van der Waals surface area contributed by atoms with Crippen molar-refractivity contribution in [2.45, 2.75) is 25.4 Å². The molecule has 1 atom stereocenters. The van der Waals surface area contributed by atoms with E-state index in [2.05, 4.69) is 29.9 Å². The highest BCUT2D eigenvalue weighted by Gasteiger charge is 2.28. The molecule has 28 heavy (non-hydrogen) atoms. The Balaban J connectivity index is 1.48. The fourth-order valence-electron chi connectivity index (χ4n) is 3.72. The SMILES string of the molecule is O=c1ccc(-n2ccnc2)nn1CC1CCCN1c1ncnc2ncccc12. The first-order valence-electron chi connectivity index (χ1n) is 9.18. The predicted molar refractivity (Wildman–Crippen MR) is 103 cm³/mol. The molecular weight excluding hydrogens is 356 g/mol. The normalized spacial score (nSPS) is 16.7. The Hall–Kier alpha value is -3.62. The second kappa shape index (κ2) is 6.84. The summed E-state index contributed by atoms with van der Waals surface area (Å²) in [5, 5.41) is 5.44. The monoisotopic (exact) mass is 374 g/mol. The molecule has 1 unspecified atom stereocenters. The number of anilines is 1. The van der Waals surface area contributed by atoms with Crippen LogP contribution in [0.3, 0.4) is 0 Å². The minimum atomic E-state index is -0.120. The summed E-state index contributed by atoms with van der Waals surface area (Å²) < 4.78 is 3.31. The van der Waals surface area contributed by atoms with Crippen LogP contribution in [0.15, 0.2) is 60.3 Å². The first-order chi connectivity index (χ1) is 13.8. The van der Waals surface area contributed by atoms with Crippen LogP contribution in [-0.4, -0.2) is 46.9 Å². The topological polar surface area (TPSA) is 94.6 Å². The van der Waals surface area contributed by atoms with Crippen LogP contribution in [-0.2, 0) is 6.54 Å². The second-order valence-corrected chi connectivity index (χ2v) is 6.74. The zero-order valence-corrected chi connectivity index (χ0v) is 15.1. The molecule has 1 aliphatic rings. The molecule has 0 aromatic carbocycles. The number of nitrogens with zero attached hydrogens (tertiary/aromatic N) is 8. The van der Waals surface area contributed by atoms with Crippen LogP contribution in [0, 0.1) is 0 Å². The van der Waals surface area contributed by atoms with E-state index >= 15 is 0 Å². The van der Waals surface area contributed by atoms with Crippen molar-refractivity contribution < 1.29 is 0 Å². The zero-order chi connectivity index (χ0) is 18.9. The lowest BCUT2D eigenvalue weighted by molar-refractivity contribution is 0.485. The van der Waals surface area contributed by atoms with Crippen molar-refractivity contribution in [2.75, 3.05) is 11.4 Å². The Morgan fingerprint density at radius 3 is 2.96 bits per heavy atom. The summed E-state index contributed by atoms with van der Waals surface area (Å²) in [4.78, 5) is 31.8. The highest BCUT2D eigenvalue weighted by Crippen LogP contribution is 2.29. The lowest BCUT2D eigenvalue weighted by Crippen LogP contribution is -2.37. The van der Waals surface area contributed by atoms with Crippen molar-refractivity contribution >= 4 is 16.9 Å². The minimum absolute atomic E-state index is 0.120. The van der Waals surface area contributed by atoms with Crippen molar-refractivity contribution in [3.05, 3.63) is 65.9 Å². The Morgan fingerprint density at radius 2 is 2.07 bits per heavy atom. The average molecular weight is 374 g/mol. The van der Waals surface area contributed by atoms with E-state index in [0.717, 1.165) is 30.6 Å². The summed E-state index contributed by atoms with van der Waals surface area (Å²) in [6.45, 7) is 1.37. The van der Waals surface area contributed by atoms with Gasteiger partial charge in [-0.1, -0.05) is 0 Å². The summed E-state index contributed by atoms with van der Waals surface area (Å²) in [5.41, 5.74) is 0.556. The molecule has 0 amide bonds. The first kappa shape index (κ1) is 16.5. The minimum Gasteiger partial charge on any atom is -0.351 e. The van der Waals surface area contributed by atoms with E-state index in [1.807, 2.05) is 12.1 Å².